The minimum atomic E-state index is -0.124. The third-order valence-corrected chi connectivity index (χ3v) is 4.81. The number of aromatic nitrogens is 3. The van der Waals surface area contributed by atoms with Crippen molar-refractivity contribution in [3.05, 3.63) is 51.7 Å². The number of nitrogens with one attached hydrogen (secondary N) is 1. The highest BCUT2D eigenvalue weighted by Gasteiger charge is 2.24. The summed E-state index contributed by atoms with van der Waals surface area (Å²) >= 11 is 1.39. The monoisotopic (exact) mass is 327 g/mol. The molecular weight excluding hydrogens is 314 g/mol. The molecular formula is C15H13N5O2S. The topological polar surface area (TPSA) is 105 Å². The fourth-order valence-corrected chi connectivity index (χ4v) is 3.51. The first-order chi connectivity index (χ1) is 11.1. The quantitative estimate of drug-likeness (QED) is 0.698. The number of hydrogen-bond acceptors (Lipinski definition) is 6. The van der Waals surface area contributed by atoms with Gasteiger partial charge in [0.25, 0.3) is 11.5 Å². The van der Waals surface area contributed by atoms with Gasteiger partial charge in [-0.3, -0.25) is 9.59 Å². The molecule has 1 aromatic carbocycles. The van der Waals surface area contributed by atoms with Crippen LogP contribution in [0, 0.1) is 0 Å². The van der Waals surface area contributed by atoms with Crippen LogP contribution in [0.5, 0.6) is 0 Å². The molecule has 0 unspecified atom stereocenters. The second-order valence-corrected chi connectivity index (χ2v) is 6.43. The van der Waals surface area contributed by atoms with Crippen molar-refractivity contribution in [2.75, 3.05) is 12.3 Å². The Hall–Kier alpha value is -2.74. The number of thiazole rings is 1. The van der Waals surface area contributed by atoms with E-state index in [4.69, 9.17) is 5.73 Å². The number of H-pyrrole nitrogens is 1. The molecule has 0 saturated carbocycles. The lowest BCUT2D eigenvalue weighted by Crippen LogP contribution is -2.38. The number of nitrogen functional groups attached to an aromatic ring is 1. The summed E-state index contributed by atoms with van der Waals surface area (Å²) in [6.07, 6.45) is 1.88. The summed E-state index contributed by atoms with van der Waals surface area (Å²) < 4.78 is 0.955. The molecule has 3 heterocycles. The van der Waals surface area contributed by atoms with E-state index in [9.17, 15) is 9.59 Å². The van der Waals surface area contributed by atoms with Crippen LogP contribution in [-0.2, 0) is 13.0 Å². The number of aromatic amines is 1. The second kappa shape index (κ2) is 5.17. The van der Waals surface area contributed by atoms with E-state index in [0.717, 1.165) is 10.2 Å². The molecule has 0 aliphatic carbocycles. The molecule has 0 fully saturated rings. The lowest BCUT2D eigenvalue weighted by molar-refractivity contribution is 0.0731. The number of nitrogens with two attached hydrogens (primary N) is 1. The Bertz CT molecular complexity index is 977. The van der Waals surface area contributed by atoms with E-state index in [1.807, 2.05) is 6.07 Å². The molecule has 1 aliphatic heterocycles. The van der Waals surface area contributed by atoms with Gasteiger partial charge in [0.1, 0.15) is 0 Å². The van der Waals surface area contributed by atoms with Crippen molar-refractivity contribution in [2.45, 2.75) is 13.0 Å². The highest BCUT2D eigenvalue weighted by atomic mass is 32.1. The maximum absolute atomic E-state index is 12.7. The molecule has 1 amide bonds. The van der Waals surface area contributed by atoms with Crippen LogP contribution in [-0.4, -0.2) is 32.3 Å². The molecule has 0 atom stereocenters. The van der Waals surface area contributed by atoms with Crippen molar-refractivity contribution in [1.82, 2.24) is 19.9 Å². The Kier molecular flexibility index (Phi) is 3.12. The predicted octanol–water partition coefficient (Wildman–Crippen LogP) is 1.16. The number of hydrogen-bond donors (Lipinski definition) is 2. The fourth-order valence-electron chi connectivity index (χ4n) is 2.80. The molecule has 4 rings (SSSR count). The number of nitrogens with zero attached hydrogens (tertiary/aromatic N) is 3. The summed E-state index contributed by atoms with van der Waals surface area (Å²) in [5.41, 5.74) is 8.19. The molecule has 116 valence electrons. The van der Waals surface area contributed by atoms with Crippen molar-refractivity contribution in [1.29, 1.82) is 0 Å². The second-order valence-electron chi connectivity index (χ2n) is 5.37. The zero-order chi connectivity index (χ0) is 16.0. The lowest BCUT2D eigenvalue weighted by Gasteiger charge is -2.27. The van der Waals surface area contributed by atoms with Crippen molar-refractivity contribution in [3.8, 4) is 0 Å². The smallest absolute Gasteiger partial charge is 0.254 e. The van der Waals surface area contributed by atoms with Crippen LogP contribution in [0.15, 0.2) is 29.3 Å². The Morgan fingerprint density at radius 2 is 2.26 bits per heavy atom. The molecule has 0 saturated heterocycles. The molecule has 2 aromatic heterocycles. The highest BCUT2D eigenvalue weighted by molar-refractivity contribution is 7.22. The zero-order valence-corrected chi connectivity index (χ0v) is 12.9. The van der Waals surface area contributed by atoms with E-state index in [-0.39, 0.29) is 11.5 Å². The van der Waals surface area contributed by atoms with Gasteiger partial charge in [-0.25, -0.2) is 9.97 Å². The van der Waals surface area contributed by atoms with Gasteiger partial charge in [-0.15, -0.1) is 0 Å². The summed E-state index contributed by atoms with van der Waals surface area (Å²) in [5, 5.41) is 0.486. The van der Waals surface area contributed by atoms with Crippen LogP contribution in [0.1, 0.15) is 21.6 Å². The first-order valence-electron chi connectivity index (χ1n) is 7.12. The van der Waals surface area contributed by atoms with E-state index < -0.39 is 0 Å². The maximum Gasteiger partial charge on any atom is 0.254 e. The van der Waals surface area contributed by atoms with Gasteiger partial charge in [-0.2, -0.15) is 0 Å². The van der Waals surface area contributed by atoms with Crippen LogP contribution < -0.4 is 11.3 Å². The largest absolute Gasteiger partial charge is 0.375 e. The zero-order valence-electron chi connectivity index (χ0n) is 12.1. The molecule has 1 aliphatic rings. The van der Waals surface area contributed by atoms with E-state index in [1.165, 1.54) is 17.7 Å². The number of anilines is 1. The number of carbonyl (C=O) groups excluding carboxylic acids is 1. The SMILES string of the molecule is Nc1nc2cc(C(=O)N3CCc4c(nc[nH]c4=O)C3)ccc2s1. The van der Waals surface area contributed by atoms with Crippen molar-refractivity contribution < 1.29 is 4.79 Å². The molecule has 3 aromatic rings. The van der Waals surface area contributed by atoms with Crippen LogP contribution >= 0.6 is 11.3 Å². The van der Waals surface area contributed by atoms with Crippen molar-refractivity contribution >= 4 is 32.6 Å². The van der Waals surface area contributed by atoms with Crippen LogP contribution in [0.4, 0.5) is 5.13 Å². The van der Waals surface area contributed by atoms with Gasteiger partial charge < -0.3 is 15.6 Å². The first-order valence-corrected chi connectivity index (χ1v) is 7.94. The third-order valence-electron chi connectivity index (χ3n) is 3.95. The maximum atomic E-state index is 12.7. The van der Waals surface area contributed by atoms with E-state index in [2.05, 4.69) is 15.0 Å². The molecule has 7 nitrogen and oxygen atoms in total. The van der Waals surface area contributed by atoms with Gasteiger partial charge in [0.05, 0.1) is 28.8 Å². The first kappa shape index (κ1) is 13.9. The predicted molar refractivity (Wildman–Crippen MR) is 87.3 cm³/mol. The standard InChI is InChI=1S/C15H13N5O2S/c16-15-19-10-5-8(1-2-12(10)23-15)14(22)20-4-3-9-11(6-20)17-7-18-13(9)21/h1-2,5,7H,3-4,6H2,(H2,16,19)(H,17,18,21). The fraction of sp³-hybridized carbons (Fsp3) is 0.200. The summed E-state index contributed by atoms with van der Waals surface area (Å²) in [6, 6.07) is 5.39. The number of rotatable bonds is 1. The lowest BCUT2D eigenvalue weighted by atomic mass is 10.1. The van der Waals surface area contributed by atoms with Crippen LogP contribution in [0.25, 0.3) is 10.2 Å². The molecule has 3 N–H and O–H groups in total. The Morgan fingerprint density at radius 1 is 1.39 bits per heavy atom. The minimum absolute atomic E-state index is 0.0915. The average molecular weight is 327 g/mol. The average Bonchev–Trinajstić information content (AvgIpc) is 2.93. The third kappa shape index (κ3) is 2.36. The number of carbonyl (C=O) groups is 1. The highest BCUT2D eigenvalue weighted by Crippen LogP contribution is 2.25. The molecule has 0 radical (unpaired) electrons. The van der Waals surface area contributed by atoms with Gasteiger partial charge in [-0.1, -0.05) is 11.3 Å². The Balaban J connectivity index is 1.65. The summed E-state index contributed by atoms with van der Waals surface area (Å²) in [5.74, 6) is -0.0915. The van der Waals surface area contributed by atoms with E-state index in [0.29, 0.717) is 41.5 Å². The van der Waals surface area contributed by atoms with Crippen molar-refractivity contribution in [2.24, 2.45) is 0 Å². The van der Waals surface area contributed by atoms with Crippen molar-refractivity contribution in [3.63, 3.8) is 0 Å². The Morgan fingerprint density at radius 3 is 3.13 bits per heavy atom. The number of fused-ring (bicyclic) bond motifs is 2. The van der Waals surface area contributed by atoms with Crippen LogP contribution in [0.3, 0.4) is 0 Å². The van der Waals surface area contributed by atoms with Gasteiger partial charge in [0.15, 0.2) is 5.13 Å². The molecule has 23 heavy (non-hydrogen) atoms. The molecule has 0 spiro atoms. The van der Waals surface area contributed by atoms with Gasteiger partial charge in [0, 0.05) is 17.7 Å². The summed E-state index contributed by atoms with van der Waals surface area (Å²) in [4.78, 5) is 37.1. The van der Waals surface area contributed by atoms with Gasteiger partial charge >= 0.3 is 0 Å². The number of amides is 1. The van der Waals surface area contributed by atoms with E-state index >= 15 is 0 Å². The summed E-state index contributed by atoms with van der Waals surface area (Å²) in [6.45, 7) is 0.840. The normalized spacial score (nSPS) is 14.0. The Labute approximate surface area is 134 Å². The number of benzene rings is 1. The minimum Gasteiger partial charge on any atom is -0.375 e. The molecule has 0 bridgehead atoms. The molecule has 8 heteroatoms. The van der Waals surface area contributed by atoms with Crippen LogP contribution in [0.2, 0.25) is 0 Å². The van der Waals surface area contributed by atoms with Gasteiger partial charge in [0.2, 0.25) is 0 Å². The van der Waals surface area contributed by atoms with Gasteiger partial charge in [-0.05, 0) is 24.6 Å². The summed E-state index contributed by atoms with van der Waals surface area (Å²) in [7, 11) is 0. The van der Waals surface area contributed by atoms with E-state index in [1.54, 1.807) is 17.0 Å².